The van der Waals surface area contributed by atoms with Crippen LogP contribution in [0.5, 0.6) is 0 Å². The number of nitrogens with zero attached hydrogens (tertiary/aromatic N) is 2. The van der Waals surface area contributed by atoms with Crippen molar-refractivity contribution in [1.29, 1.82) is 5.26 Å². The fourth-order valence-electron chi connectivity index (χ4n) is 1.75. The molecular formula is C14H11F3N4S. The van der Waals surface area contributed by atoms with Gasteiger partial charge < -0.3 is 11.1 Å². The summed E-state index contributed by atoms with van der Waals surface area (Å²) in [7, 11) is 0. The van der Waals surface area contributed by atoms with Gasteiger partial charge in [0.05, 0.1) is 22.5 Å². The van der Waals surface area contributed by atoms with Crippen molar-refractivity contribution in [1.82, 2.24) is 4.98 Å². The zero-order valence-electron chi connectivity index (χ0n) is 11.4. The third-order valence-electron chi connectivity index (χ3n) is 2.74. The van der Waals surface area contributed by atoms with Gasteiger partial charge in [-0.3, -0.25) is 0 Å². The zero-order valence-corrected chi connectivity index (χ0v) is 12.2. The van der Waals surface area contributed by atoms with Crippen LogP contribution in [-0.4, -0.2) is 4.98 Å². The number of rotatable bonds is 3. The van der Waals surface area contributed by atoms with Gasteiger partial charge >= 0.3 is 6.18 Å². The number of allylic oxidation sites excluding steroid dienone is 2. The molecule has 3 N–H and O–H groups in total. The van der Waals surface area contributed by atoms with Crippen molar-refractivity contribution in [2.24, 2.45) is 5.73 Å². The molecule has 0 radical (unpaired) electrons. The van der Waals surface area contributed by atoms with Gasteiger partial charge in [0.15, 0.2) is 5.13 Å². The molecule has 1 heterocycles. The van der Waals surface area contributed by atoms with E-state index in [0.717, 1.165) is 17.4 Å². The summed E-state index contributed by atoms with van der Waals surface area (Å²) in [6.45, 7) is 1.56. The second-order valence-electron chi connectivity index (χ2n) is 4.38. The Hall–Kier alpha value is -2.53. The first-order valence-corrected chi connectivity index (χ1v) is 6.96. The topological polar surface area (TPSA) is 74.7 Å². The van der Waals surface area contributed by atoms with Gasteiger partial charge in [0.1, 0.15) is 6.07 Å². The van der Waals surface area contributed by atoms with Crippen molar-refractivity contribution >= 4 is 27.7 Å². The maximum atomic E-state index is 12.9. The van der Waals surface area contributed by atoms with Gasteiger partial charge in [0, 0.05) is 11.1 Å². The fourth-order valence-corrected chi connectivity index (χ4v) is 2.46. The molecule has 1 aromatic heterocycles. The molecule has 8 heteroatoms. The molecule has 0 spiro atoms. The van der Waals surface area contributed by atoms with Gasteiger partial charge in [0.25, 0.3) is 0 Å². The fraction of sp³-hybridized carbons (Fsp3) is 0.143. The molecular weight excluding hydrogens is 313 g/mol. The van der Waals surface area contributed by atoms with Crippen LogP contribution in [0.1, 0.15) is 18.2 Å². The maximum Gasteiger partial charge on any atom is 0.418 e. The van der Waals surface area contributed by atoms with Gasteiger partial charge in [-0.2, -0.15) is 18.4 Å². The van der Waals surface area contributed by atoms with E-state index in [4.69, 9.17) is 11.0 Å². The second kappa shape index (κ2) is 6.07. The van der Waals surface area contributed by atoms with E-state index in [1.54, 1.807) is 12.3 Å². The van der Waals surface area contributed by atoms with E-state index in [1.165, 1.54) is 18.2 Å². The number of alkyl halides is 3. The third-order valence-corrected chi connectivity index (χ3v) is 3.50. The molecule has 0 amide bonds. The number of thiazole rings is 1. The maximum absolute atomic E-state index is 12.9. The number of halogens is 3. The largest absolute Gasteiger partial charge is 0.418 e. The van der Waals surface area contributed by atoms with Crippen molar-refractivity contribution in [2.45, 2.75) is 13.1 Å². The first-order valence-electron chi connectivity index (χ1n) is 6.08. The highest BCUT2D eigenvalue weighted by Crippen LogP contribution is 2.36. The average Bonchev–Trinajstić information content (AvgIpc) is 2.87. The van der Waals surface area contributed by atoms with E-state index < -0.39 is 11.7 Å². The molecule has 22 heavy (non-hydrogen) atoms. The Morgan fingerprint density at radius 1 is 1.36 bits per heavy atom. The first kappa shape index (κ1) is 15.9. The van der Waals surface area contributed by atoms with Crippen molar-refractivity contribution < 1.29 is 13.2 Å². The van der Waals surface area contributed by atoms with E-state index in [2.05, 4.69) is 10.3 Å². The number of nitrogens with one attached hydrogen (secondary N) is 1. The molecule has 1 aromatic carbocycles. The van der Waals surface area contributed by atoms with E-state index in [9.17, 15) is 13.2 Å². The van der Waals surface area contributed by atoms with Gasteiger partial charge in [-0.1, -0.05) is 12.1 Å². The van der Waals surface area contributed by atoms with E-state index in [0.29, 0.717) is 11.4 Å². The van der Waals surface area contributed by atoms with Crippen LogP contribution < -0.4 is 11.1 Å². The van der Waals surface area contributed by atoms with Crippen LogP contribution in [-0.2, 0) is 6.18 Å². The molecule has 2 rings (SSSR count). The predicted octanol–water partition coefficient (Wildman–Crippen LogP) is 4.12. The second-order valence-corrected chi connectivity index (χ2v) is 5.23. The smallest absolute Gasteiger partial charge is 0.401 e. The van der Waals surface area contributed by atoms with Gasteiger partial charge in [0.2, 0.25) is 0 Å². The highest BCUT2D eigenvalue weighted by Gasteiger charge is 2.33. The van der Waals surface area contributed by atoms with Crippen LogP contribution in [0.15, 0.2) is 35.3 Å². The lowest BCUT2D eigenvalue weighted by atomic mass is 10.1. The molecule has 0 aliphatic carbocycles. The Kier molecular flexibility index (Phi) is 4.37. The summed E-state index contributed by atoms with van der Waals surface area (Å²) in [6, 6.07) is 7.04. The molecule has 0 saturated carbocycles. The number of hydrogen-bond donors (Lipinski definition) is 2. The van der Waals surface area contributed by atoms with E-state index in [1.807, 2.05) is 6.07 Å². The van der Waals surface area contributed by atoms with Crippen LogP contribution in [0.3, 0.4) is 0 Å². The lowest BCUT2D eigenvalue weighted by molar-refractivity contribution is -0.136. The lowest BCUT2D eigenvalue weighted by Gasteiger charge is -2.12. The molecule has 0 aliphatic heterocycles. The van der Waals surface area contributed by atoms with Crippen LogP contribution >= 0.6 is 11.3 Å². The third kappa shape index (κ3) is 3.38. The Morgan fingerprint density at radius 2 is 2.05 bits per heavy atom. The van der Waals surface area contributed by atoms with Gasteiger partial charge in [-0.05, 0) is 19.1 Å². The minimum absolute atomic E-state index is 0.0946. The van der Waals surface area contributed by atoms with E-state index in [-0.39, 0.29) is 16.4 Å². The van der Waals surface area contributed by atoms with Crippen LogP contribution in [0.25, 0.3) is 5.57 Å². The Labute approximate surface area is 128 Å². The molecule has 0 saturated heterocycles. The molecule has 4 nitrogen and oxygen atoms in total. The van der Waals surface area contributed by atoms with Crippen molar-refractivity contribution in [2.75, 3.05) is 5.32 Å². The minimum Gasteiger partial charge on any atom is -0.401 e. The van der Waals surface area contributed by atoms with Crippen molar-refractivity contribution in [3.05, 3.63) is 46.6 Å². The number of hydrogen-bond acceptors (Lipinski definition) is 5. The number of benzene rings is 1. The highest BCUT2D eigenvalue weighted by atomic mass is 32.1. The summed E-state index contributed by atoms with van der Waals surface area (Å²) in [5, 5.41) is 13.5. The number of anilines is 2. The minimum atomic E-state index is -4.46. The molecule has 0 bridgehead atoms. The number of aromatic nitrogens is 1. The van der Waals surface area contributed by atoms with Crippen molar-refractivity contribution in [3.8, 4) is 6.07 Å². The molecule has 114 valence electrons. The van der Waals surface area contributed by atoms with Crippen molar-refractivity contribution in [3.63, 3.8) is 0 Å². The molecule has 0 atom stereocenters. The average molecular weight is 324 g/mol. The standard InChI is InChI=1S/C14H11F3N4S/c1-8(19)9(6-18)12-7-22-13(21-12)20-11-5-3-2-4-10(11)14(15,16)17/h2-5,7H,19H2,1H3,(H,20,21)/b9-8+. The van der Waals surface area contributed by atoms with Gasteiger partial charge in [-0.25, -0.2) is 4.98 Å². The van der Waals surface area contributed by atoms with Gasteiger partial charge in [-0.15, -0.1) is 11.3 Å². The Morgan fingerprint density at radius 3 is 2.64 bits per heavy atom. The number of nitriles is 1. The summed E-state index contributed by atoms with van der Waals surface area (Å²) < 4.78 is 38.8. The lowest BCUT2D eigenvalue weighted by Crippen LogP contribution is -2.08. The highest BCUT2D eigenvalue weighted by molar-refractivity contribution is 7.13. The number of para-hydroxylation sites is 1. The predicted molar refractivity (Wildman–Crippen MR) is 79.2 cm³/mol. The summed E-state index contributed by atoms with van der Waals surface area (Å²) in [5.74, 6) is 0. The SMILES string of the molecule is C/C(N)=C(/C#N)c1csc(Nc2ccccc2C(F)(F)F)n1. The molecule has 0 fully saturated rings. The summed E-state index contributed by atoms with van der Waals surface area (Å²) >= 11 is 1.09. The Bertz CT molecular complexity index is 752. The van der Waals surface area contributed by atoms with Crippen LogP contribution in [0, 0.1) is 11.3 Å². The summed E-state index contributed by atoms with van der Waals surface area (Å²) in [4.78, 5) is 4.10. The quantitative estimate of drug-likeness (QED) is 0.833. The zero-order chi connectivity index (χ0) is 16.3. The van der Waals surface area contributed by atoms with Crippen LogP contribution in [0.2, 0.25) is 0 Å². The molecule has 2 aromatic rings. The molecule has 0 aliphatic rings. The summed E-state index contributed by atoms with van der Waals surface area (Å²) in [5.41, 5.74) is 5.54. The first-order chi connectivity index (χ1) is 10.3. The Balaban J connectivity index is 2.33. The number of nitrogens with two attached hydrogens (primary N) is 1. The van der Waals surface area contributed by atoms with Crippen LogP contribution in [0.4, 0.5) is 24.0 Å². The summed E-state index contributed by atoms with van der Waals surface area (Å²) in [6.07, 6.45) is -4.46. The normalized spacial score (nSPS) is 12.5. The van der Waals surface area contributed by atoms with E-state index >= 15 is 0 Å². The molecule has 0 unspecified atom stereocenters. The monoisotopic (exact) mass is 324 g/mol.